The molecule has 1 atom stereocenters. The highest BCUT2D eigenvalue weighted by atomic mass is 16.4. The number of aliphatic carboxylic acids is 1. The average molecular weight is 310 g/mol. The molecule has 1 unspecified atom stereocenters. The monoisotopic (exact) mass is 310 g/mol. The molecule has 7 heteroatoms. The molecule has 1 aliphatic rings. The van der Waals surface area contributed by atoms with Gasteiger partial charge in [0, 0.05) is 6.04 Å². The van der Waals surface area contributed by atoms with Gasteiger partial charge in [0.1, 0.15) is 17.6 Å². The number of hydrogen-bond acceptors (Lipinski definition) is 4. The fourth-order valence-electron chi connectivity index (χ4n) is 2.64. The number of carboxylic acids is 1. The largest absolute Gasteiger partial charge is 0.481 e. The van der Waals surface area contributed by atoms with Crippen molar-refractivity contribution in [2.45, 2.75) is 44.8 Å². The highest BCUT2D eigenvalue weighted by Crippen LogP contribution is 2.24. The minimum atomic E-state index is -0.887. The van der Waals surface area contributed by atoms with E-state index in [1.807, 2.05) is 0 Å². The normalized spacial score (nSPS) is 22.8. The first kappa shape index (κ1) is 16.4. The molecular weight excluding hydrogens is 288 g/mol. The molecule has 0 aliphatic heterocycles. The summed E-state index contributed by atoms with van der Waals surface area (Å²) in [5, 5.41) is 24.2. The van der Waals surface area contributed by atoms with E-state index in [2.05, 4.69) is 10.6 Å². The second-order valence-corrected chi connectivity index (χ2v) is 5.71. The van der Waals surface area contributed by atoms with Gasteiger partial charge in [0.25, 0.3) is 0 Å². The van der Waals surface area contributed by atoms with Gasteiger partial charge in [-0.25, -0.2) is 4.79 Å². The summed E-state index contributed by atoms with van der Waals surface area (Å²) in [7, 11) is 0. The number of amides is 2. The second-order valence-electron chi connectivity index (χ2n) is 5.71. The van der Waals surface area contributed by atoms with Crippen molar-refractivity contribution in [3.63, 3.8) is 0 Å². The van der Waals surface area contributed by atoms with Gasteiger partial charge < -0.3 is 25.3 Å². The summed E-state index contributed by atoms with van der Waals surface area (Å²) in [6.45, 7) is 1.84. The smallest absolute Gasteiger partial charge is 0.315 e. The van der Waals surface area contributed by atoms with Gasteiger partial charge in [0.05, 0.1) is 12.5 Å². The number of nitrogens with one attached hydrogen (secondary N) is 2. The second kappa shape index (κ2) is 7.31. The Morgan fingerprint density at radius 1 is 1.32 bits per heavy atom. The molecule has 0 spiro atoms. The molecule has 7 nitrogen and oxygen atoms in total. The third kappa shape index (κ3) is 4.49. The fraction of sp³-hybridized carbons (Fsp3) is 0.600. The highest BCUT2D eigenvalue weighted by molar-refractivity contribution is 5.74. The maximum absolute atomic E-state index is 11.8. The number of carbonyl (C=O) groups is 2. The number of aliphatic hydroxyl groups is 1. The number of hydrogen-bond donors (Lipinski definition) is 4. The highest BCUT2D eigenvalue weighted by Gasteiger charge is 2.26. The molecule has 1 aliphatic carbocycles. The summed E-state index contributed by atoms with van der Waals surface area (Å²) in [6.07, 6.45) is 1.58. The Hall–Kier alpha value is -2.02. The molecule has 4 N–H and O–H groups in total. The third-order valence-electron chi connectivity index (χ3n) is 3.96. The van der Waals surface area contributed by atoms with Crippen LogP contribution in [-0.4, -0.2) is 34.8 Å². The van der Waals surface area contributed by atoms with E-state index < -0.39 is 12.1 Å². The number of urea groups is 1. The lowest BCUT2D eigenvalue weighted by Crippen LogP contribution is -2.45. The SMILES string of the molecule is Cc1ccc(C(O)CNC(=O)NC2CCC(C(=O)O)CC2)o1. The van der Waals surface area contributed by atoms with Crippen LogP contribution in [0.4, 0.5) is 4.79 Å². The van der Waals surface area contributed by atoms with Gasteiger partial charge >= 0.3 is 12.0 Å². The van der Waals surface area contributed by atoms with Gasteiger partial charge in [-0.1, -0.05) is 0 Å². The summed E-state index contributed by atoms with van der Waals surface area (Å²) in [5.74, 6) is 0.0540. The Labute approximate surface area is 128 Å². The zero-order valence-corrected chi connectivity index (χ0v) is 12.5. The van der Waals surface area contributed by atoms with E-state index in [1.165, 1.54) is 0 Å². The molecule has 22 heavy (non-hydrogen) atoms. The number of aryl methyl sites for hydroxylation is 1. The quantitative estimate of drug-likeness (QED) is 0.659. The summed E-state index contributed by atoms with van der Waals surface area (Å²) in [4.78, 5) is 22.6. The first-order chi connectivity index (χ1) is 10.5. The van der Waals surface area contributed by atoms with Crippen LogP contribution in [-0.2, 0) is 4.79 Å². The van der Waals surface area contributed by atoms with E-state index in [0.717, 1.165) is 0 Å². The fourth-order valence-corrected chi connectivity index (χ4v) is 2.64. The number of aliphatic hydroxyl groups excluding tert-OH is 1. The van der Waals surface area contributed by atoms with Crippen LogP contribution in [0, 0.1) is 12.8 Å². The van der Waals surface area contributed by atoms with Crippen LogP contribution >= 0.6 is 0 Å². The minimum absolute atomic E-state index is 0.0152. The molecule has 1 aromatic rings. The van der Waals surface area contributed by atoms with Crippen molar-refractivity contribution in [2.24, 2.45) is 5.92 Å². The van der Waals surface area contributed by atoms with Crippen molar-refractivity contribution >= 4 is 12.0 Å². The molecule has 1 saturated carbocycles. The van der Waals surface area contributed by atoms with Crippen molar-refractivity contribution in [1.82, 2.24) is 10.6 Å². The minimum Gasteiger partial charge on any atom is -0.481 e. The van der Waals surface area contributed by atoms with Crippen molar-refractivity contribution in [2.75, 3.05) is 6.54 Å². The van der Waals surface area contributed by atoms with Gasteiger partial charge in [-0.3, -0.25) is 4.79 Å². The van der Waals surface area contributed by atoms with E-state index >= 15 is 0 Å². The number of rotatable bonds is 5. The number of carboxylic acid groups (broad SMARTS) is 1. The maximum atomic E-state index is 11.8. The van der Waals surface area contributed by atoms with Gasteiger partial charge in [-0.2, -0.15) is 0 Å². The maximum Gasteiger partial charge on any atom is 0.315 e. The topological polar surface area (TPSA) is 112 Å². The molecule has 1 heterocycles. The zero-order valence-electron chi connectivity index (χ0n) is 12.5. The molecule has 1 fully saturated rings. The number of furan rings is 1. The average Bonchev–Trinajstić information content (AvgIpc) is 2.92. The van der Waals surface area contributed by atoms with E-state index in [-0.39, 0.29) is 24.5 Å². The van der Waals surface area contributed by atoms with Crippen molar-refractivity contribution in [1.29, 1.82) is 0 Å². The third-order valence-corrected chi connectivity index (χ3v) is 3.96. The van der Waals surface area contributed by atoms with Crippen LogP contribution < -0.4 is 10.6 Å². The number of carbonyl (C=O) groups excluding carboxylic acids is 1. The Kier molecular flexibility index (Phi) is 5.43. The molecule has 0 saturated heterocycles. The molecule has 122 valence electrons. The molecule has 1 aromatic heterocycles. The molecular formula is C15H22N2O5. The molecule has 0 aromatic carbocycles. The standard InChI is InChI=1S/C15H22N2O5/c1-9-2-7-13(22-9)12(18)8-16-15(21)17-11-5-3-10(4-6-11)14(19)20/h2,7,10-12,18H,3-6,8H2,1H3,(H,19,20)(H2,16,17,21). The van der Waals surface area contributed by atoms with Crippen LogP contribution in [0.1, 0.15) is 43.3 Å². The Bertz CT molecular complexity index is 520. The van der Waals surface area contributed by atoms with Crippen molar-refractivity contribution in [3.05, 3.63) is 23.7 Å². The van der Waals surface area contributed by atoms with Crippen LogP contribution in [0.2, 0.25) is 0 Å². The molecule has 0 radical (unpaired) electrons. The molecule has 2 amide bonds. The van der Waals surface area contributed by atoms with Gasteiger partial charge in [-0.15, -0.1) is 0 Å². The van der Waals surface area contributed by atoms with E-state index in [9.17, 15) is 14.7 Å². The summed E-state index contributed by atoms with van der Waals surface area (Å²) in [5.41, 5.74) is 0. The predicted molar refractivity (Wildman–Crippen MR) is 78.3 cm³/mol. The molecule has 2 rings (SSSR count). The first-order valence-electron chi connectivity index (χ1n) is 7.47. The Morgan fingerprint density at radius 2 is 2.00 bits per heavy atom. The lowest BCUT2D eigenvalue weighted by Gasteiger charge is -2.27. The van der Waals surface area contributed by atoms with Crippen molar-refractivity contribution < 1.29 is 24.2 Å². The van der Waals surface area contributed by atoms with Crippen LogP contribution in [0.5, 0.6) is 0 Å². The van der Waals surface area contributed by atoms with Crippen LogP contribution in [0.25, 0.3) is 0 Å². The summed E-state index contributed by atoms with van der Waals surface area (Å²) < 4.78 is 5.28. The zero-order chi connectivity index (χ0) is 16.1. The van der Waals surface area contributed by atoms with E-state index in [0.29, 0.717) is 37.2 Å². The Morgan fingerprint density at radius 3 is 2.55 bits per heavy atom. The summed E-state index contributed by atoms with van der Waals surface area (Å²) in [6, 6.07) is 3.05. The molecule has 0 bridgehead atoms. The van der Waals surface area contributed by atoms with E-state index in [4.69, 9.17) is 9.52 Å². The lowest BCUT2D eigenvalue weighted by atomic mass is 9.86. The van der Waals surface area contributed by atoms with Crippen LogP contribution in [0.3, 0.4) is 0 Å². The van der Waals surface area contributed by atoms with Gasteiger partial charge in [-0.05, 0) is 44.7 Å². The van der Waals surface area contributed by atoms with Gasteiger partial charge in [0.2, 0.25) is 0 Å². The van der Waals surface area contributed by atoms with Gasteiger partial charge in [0.15, 0.2) is 0 Å². The Balaban J connectivity index is 1.69. The predicted octanol–water partition coefficient (Wildman–Crippen LogP) is 1.56. The van der Waals surface area contributed by atoms with Crippen molar-refractivity contribution in [3.8, 4) is 0 Å². The van der Waals surface area contributed by atoms with E-state index in [1.54, 1.807) is 19.1 Å². The first-order valence-corrected chi connectivity index (χ1v) is 7.47. The summed E-state index contributed by atoms with van der Waals surface area (Å²) >= 11 is 0. The van der Waals surface area contributed by atoms with Crippen LogP contribution in [0.15, 0.2) is 16.5 Å². The lowest BCUT2D eigenvalue weighted by molar-refractivity contribution is -0.142.